The maximum atomic E-state index is 13.0. The van der Waals surface area contributed by atoms with Gasteiger partial charge in [-0.25, -0.2) is 0 Å². The molecule has 0 spiro atoms. The van der Waals surface area contributed by atoms with Gasteiger partial charge in [-0.15, -0.1) is 0 Å². The number of benzene rings is 1. The topological polar surface area (TPSA) is 73.3 Å². The molecule has 2 aliphatic rings. The van der Waals surface area contributed by atoms with Crippen molar-refractivity contribution in [3.63, 3.8) is 0 Å². The molecule has 0 radical (unpaired) electrons. The van der Waals surface area contributed by atoms with E-state index in [2.05, 4.69) is 4.90 Å². The number of phenols is 1. The van der Waals surface area contributed by atoms with Gasteiger partial charge in [-0.1, -0.05) is 12.1 Å². The van der Waals surface area contributed by atoms with Gasteiger partial charge in [0.05, 0.1) is 6.61 Å². The molecule has 8 heteroatoms. The minimum atomic E-state index is -3.39. The van der Waals surface area contributed by atoms with Crippen LogP contribution in [-0.4, -0.2) is 80.0 Å². The third kappa shape index (κ3) is 4.75. The SMILES string of the molecule is COCC1CCCN(S(=O)(=O)N2CCN(Cc3cccc(O)c3)CC2)C1. The molecule has 146 valence electrons. The molecule has 0 amide bonds. The minimum Gasteiger partial charge on any atom is -0.508 e. The molecule has 1 atom stereocenters. The van der Waals surface area contributed by atoms with Crippen molar-refractivity contribution in [1.82, 2.24) is 13.5 Å². The zero-order valence-corrected chi connectivity index (χ0v) is 16.2. The van der Waals surface area contributed by atoms with Crippen LogP contribution < -0.4 is 0 Å². The number of aromatic hydroxyl groups is 1. The first kappa shape index (κ1) is 19.6. The summed E-state index contributed by atoms with van der Waals surface area (Å²) in [6.07, 6.45) is 1.92. The van der Waals surface area contributed by atoms with Crippen molar-refractivity contribution in [2.45, 2.75) is 19.4 Å². The Labute approximate surface area is 156 Å². The van der Waals surface area contributed by atoms with E-state index in [1.54, 1.807) is 27.9 Å². The third-order valence-corrected chi connectivity index (χ3v) is 7.19. The van der Waals surface area contributed by atoms with E-state index in [0.29, 0.717) is 45.9 Å². The van der Waals surface area contributed by atoms with Gasteiger partial charge in [-0.2, -0.15) is 17.0 Å². The molecule has 0 saturated carbocycles. The van der Waals surface area contributed by atoms with Crippen LogP contribution in [-0.2, 0) is 21.5 Å². The van der Waals surface area contributed by atoms with Crippen molar-refractivity contribution in [2.75, 3.05) is 53.0 Å². The van der Waals surface area contributed by atoms with Crippen LogP contribution in [0.1, 0.15) is 18.4 Å². The zero-order valence-electron chi connectivity index (χ0n) is 15.4. The highest BCUT2D eigenvalue weighted by molar-refractivity contribution is 7.86. The van der Waals surface area contributed by atoms with Gasteiger partial charge in [-0.05, 0) is 36.5 Å². The predicted octanol–water partition coefficient (Wildman–Crippen LogP) is 1.11. The summed E-state index contributed by atoms with van der Waals surface area (Å²) < 4.78 is 34.4. The number of hydrogen-bond donors (Lipinski definition) is 1. The molecule has 1 aromatic carbocycles. The molecule has 2 heterocycles. The monoisotopic (exact) mass is 383 g/mol. The number of rotatable bonds is 6. The Hall–Kier alpha value is -1.19. The highest BCUT2D eigenvalue weighted by Gasteiger charge is 2.35. The van der Waals surface area contributed by atoms with Crippen LogP contribution in [0.3, 0.4) is 0 Å². The van der Waals surface area contributed by atoms with E-state index in [4.69, 9.17) is 4.74 Å². The van der Waals surface area contributed by atoms with Gasteiger partial charge in [0.1, 0.15) is 5.75 Å². The number of nitrogens with zero attached hydrogens (tertiary/aromatic N) is 3. The van der Waals surface area contributed by atoms with Crippen molar-refractivity contribution >= 4 is 10.2 Å². The average Bonchev–Trinajstić information content (AvgIpc) is 2.63. The van der Waals surface area contributed by atoms with Crippen molar-refractivity contribution < 1.29 is 18.3 Å². The van der Waals surface area contributed by atoms with Crippen molar-refractivity contribution in [3.8, 4) is 5.75 Å². The lowest BCUT2D eigenvalue weighted by Crippen LogP contribution is -2.54. The maximum Gasteiger partial charge on any atom is 0.282 e. The molecule has 2 fully saturated rings. The van der Waals surface area contributed by atoms with Crippen LogP contribution in [0.15, 0.2) is 24.3 Å². The van der Waals surface area contributed by atoms with Gasteiger partial charge in [0.2, 0.25) is 0 Å². The van der Waals surface area contributed by atoms with E-state index in [-0.39, 0.29) is 11.7 Å². The van der Waals surface area contributed by atoms with Crippen LogP contribution in [0, 0.1) is 5.92 Å². The van der Waals surface area contributed by atoms with Gasteiger partial charge >= 0.3 is 0 Å². The fourth-order valence-corrected chi connectivity index (χ4v) is 5.51. The lowest BCUT2D eigenvalue weighted by atomic mass is 10.0. The Balaban J connectivity index is 1.55. The van der Waals surface area contributed by atoms with Crippen molar-refractivity contribution in [3.05, 3.63) is 29.8 Å². The first-order valence-electron chi connectivity index (χ1n) is 9.23. The van der Waals surface area contributed by atoms with Gasteiger partial charge in [0.25, 0.3) is 10.2 Å². The zero-order chi connectivity index (χ0) is 18.6. The molecule has 3 rings (SSSR count). The Morgan fingerprint density at radius 1 is 1.15 bits per heavy atom. The fraction of sp³-hybridized carbons (Fsp3) is 0.667. The molecule has 0 aliphatic carbocycles. The molecule has 0 bridgehead atoms. The van der Waals surface area contributed by atoms with E-state index in [1.807, 2.05) is 12.1 Å². The first-order valence-corrected chi connectivity index (χ1v) is 10.6. The van der Waals surface area contributed by atoms with Crippen molar-refractivity contribution in [1.29, 1.82) is 0 Å². The van der Waals surface area contributed by atoms with E-state index < -0.39 is 10.2 Å². The van der Waals surface area contributed by atoms with Crippen molar-refractivity contribution in [2.24, 2.45) is 5.92 Å². The number of ether oxygens (including phenoxy) is 1. The van der Waals surface area contributed by atoms with Crippen LogP contribution in [0.5, 0.6) is 5.75 Å². The lowest BCUT2D eigenvalue weighted by Gasteiger charge is -2.39. The molecule has 2 saturated heterocycles. The summed E-state index contributed by atoms with van der Waals surface area (Å²) >= 11 is 0. The second kappa shape index (κ2) is 8.67. The van der Waals surface area contributed by atoms with Crippen LogP contribution in [0.2, 0.25) is 0 Å². The quantitative estimate of drug-likeness (QED) is 0.797. The Morgan fingerprint density at radius 2 is 1.92 bits per heavy atom. The molecule has 1 N–H and O–H groups in total. The number of piperazine rings is 1. The van der Waals surface area contributed by atoms with Gasteiger partial charge in [0.15, 0.2) is 0 Å². The van der Waals surface area contributed by atoms with Crippen LogP contribution in [0.25, 0.3) is 0 Å². The molecule has 0 aromatic heterocycles. The standard InChI is InChI=1S/C18H29N3O4S/c1-25-15-17-5-3-7-21(14-17)26(23,24)20-10-8-19(9-11-20)13-16-4-2-6-18(22)12-16/h2,4,6,12,17,22H,3,5,7-11,13-15H2,1H3. The molecule has 1 aromatic rings. The molecule has 7 nitrogen and oxygen atoms in total. The first-order chi connectivity index (χ1) is 12.5. The lowest BCUT2D eigenvalue weighted by molar-refractivity contribution is 0.113. The van der Waals surface area contributed by atoms with Crippen LogP contribution in [0.4, 0.5) is 0 Å². The average molecular weight is 384 g/mol. The van der Waals surface area contributed by atoms with Crippen LogP contribution >= 0.6 is 0 Å². The number of phenolic OH excluding ortho intramolecular Hbond substituents is 1. The third-order valence-electron chi connectivity index (χ3n) is 5.18. The van der Waals surface area contributed by atoms with Gasteiger partial charge < -0.3 is 9.84 Å². The number of piperidine rings is 1. The normalized spacial score (nSPS) is 24.0. The Bertz CT molecular complexity index is 687. The summed E-state index contributed by atoms with van der Waals surface area (Å²) in [5.74, 6) is 0.551. The van der Waals surface area contributed by atoms with E-state index in [0.717, 1.165) is 24.9 Å². The molecular weight excluding hydrogens is 354 g/mol. The second-order valence-corrected chi connectivity index (χ2v) is 9.10. The summed E-state index contributed by atoms with van der Waals surface area (Å²) in [5, 5.41) is 9.57. The van der Waals surface area contributed by atoms with Gasteiger partial charge in [-0.3, -0.25) is 4.90 Å². The minimum absolute atomic E-state index is 0.263. The highest BCUT2D eigenvalue weighted by Crippen LogP contribution is 2.22. The smallest absolute Gasteiger partial charge is 0.282 e. The molecule has 26 heavy (non-hydrogen) atoms. The van der Waals surface area contributed by atoms with E-state index >= 15 is 0 Å². The Kier molecular flexibility index (Phi) is 6.52. The Morgan fingerprint density at radius 3 is 2.62 bits per heavy atom. The predicted molar refractivity (Wildman–Crippen MR) is 100 cm³/mol. The largest absolute Gasteiger partial charge is 0.508 e. The summed E-state index contributed by atoms with van der Waals surface area (Å²) in [4.78, 5) is 2.23. The molecular formula is C18H29N3O4S. The number of hydrogen-bond acceptors (Lipinski definition) is 5. The van der Waals surface area contributed by atoms with E-state index in [1.165, 1.54) is 0 Å². The summed E-state index contributed by atoms with van der Waals surface area (Å²) in [6, 6.07) is 7.22. The summed E-state index contributed by atoms with van der Waals surface area (Å²) in [6.45, 7) is 4.91. The second-order valence-electron chi connectivity index (χ2n) is 7.17. The number of methoxy groups -OCH3 is 1. The van der Waals surface area contributed by atoms with E-state index in [9.17, 15) is 13.5 Å². The maximum absolute atomic E-state index is 13.0. The molecule has 2 aliphatic heterocycles. The fourth-order valence-electron chi connectivity index (χ4n) is 3.80. The summed E-state index contributed by atoms with van der Waals surface area (Å²) in [7, 11) is -1.73. The molecule has 1 unspecified atom stereocenters. The summed E-state index contributed by atoms with van der Waals surface area (Å²) in [5.41, 5.74) is 1.04. The van der Waals surface area contributed by atoms with Gasteiger partial charge in [0, 0.05) is 52.9 Å². The highest BCUT2D eigenvalue weighted by atomic mass is 32.2.